The Morgan fingerprint density at radius 2 is 2.00 bits per heavy atom. The van der Waals surface area contributed by atoms with Gasteiger partial charge < -0.3 is 15.4 Å². The summed E-state index contributed by atoms with van der Waals surface area (Å²) in [4.78, 5) is 14.6. The third-order valence-electron chi connectivity index (χ3n) is 3.31. The van der Waals surface area contributed by atoms with Crippen molar-refractivity contribution in [3.8, 4) is 6.01 Å². The Hall–Kier alpha value is -2.37. The molecule has 0 saturated carbocycles. The van der Waals surface area contributed by atoms with Gasteiger partial charge in [-0.15, -0.1) is 0 Å². The van der Waals surface area contributed by atoms with Gasteiger partial charge in [0.15, 0.2) is 0 Å². The van der Waals surface area contributed by atoms with Gasteiger partial charge in [0, 0.05) is 13.1 Å². The second-order valence-corrected chi connectivity index (χ2v) is 4.65. The number of ether oxygens (including phenoxy) is 1. The fourth-order valence-corrected chi connectivity index (χ4v) is 2.36. The molecular formula is C14H17N5O. The van der Waals surface area contributed by atoms with Gasteiger partial charge in [-0.2, -0.15) is 15.0 Å². The average molecular weight is 271 g/mol. The van der Waals surface area contributed by atoms with Crippen LogP contribution in [0.1, 0.15) is 18.1 Å². The lowest BCUT2D eigenvalue weighted by atomic mass is 10.0. The van der Waals surface area contributed by atoms with E-state index in [-0.39, 0.29) is 12.0 Å². The van der Waals surface area contributed by atoms with Crippen molar-refractivity contribution in [1.29, 1.82) is 0 Å². The second kappa shape index (κ2) is 5.32. The van der Waals surface area contributed by atoms with Crippen LogP contribution in [-0.2, 0) is 13.0 Å². The molecule has 0 fully saturated rings. The lowest BCUT2D eigenvalue weighted by Gasteiger charge is -2.28. The summed E-state index contributed by atoms with van der Waals surface area (Å²) in [7, 11) is 0. The molecule has 3 rings (SSSR count). The lowest BCUT2D eigenvalue weighted by Crippen LogP contribution is -2.32. The van der Waals surface area contributed by atoms with Gasteiger partial charge in [-0.25, -0.2) is 0 Å². The van der Waals surface area contributed by atoms with Crippen LogP contribution < -0.4 is 15.4 Å². The first-order valence-electron chi connectivity index (χ1n) is 6.72. The monoisotopic (exact) mass is 271 g/mol. The van der Waals surface area contributed by atoms with Crippen molar-refractivity contribution in [3.63, 3.8) is 0 Å². The van der Waals surface area contributed by atoms with Gasteiger partial charge >= 0.3 is 6.01 Å². The fraction of sp³-hybridized carbons (Fsp3) is 0.357. The van der Waals surface area contributed by atoms with Gasteiger partial charge in [0.2, 0.25) is 11.9 Å². The second-order valence-electron chi connectivity index (χ2n) is 4.65. The highest BCUT2D eigenvalue weighted by molar-refractivity contribution is 5.42. The van der Waals surface area contributed by atoms with E-state index in [1.165, 1.54) is 11.1 Å². The summed E-state index contributed by atoms with van der Waals surface area (Å²) in [6.45, 7) is 4.04. The summed E-state index contributed by atoms with van der Waals surface area (Å²) < 4.78 is 5.32. The molecule has 0 radical (unpaired) electrons. The number of aromatic nitrogens is 3. The molecule has 1 aromatic heterocycles. The summed E-state index contributed by atoms with van der Waals surface area (Å²) >= 11 is 0. The zero-order chi connectivity index (χ0) is 13.9. The molecule has 2 heterocycles. The zero-order valence-electron chi connectivity index (χ0n) is 11.4. The molecule has 1 aliphatic heterocycles. The van der Waals surface area contributed by atoms with Crippen molar-refractivity contribution in [2.24, 2.45) is 0 Å². The van der Waals surface area contributed by atoms with Crippen molar-refractivity contribution in [3.05, 3.63) is 35.4 Å². The topological polar surface area (TPSA) is 77.2 Å². The van der Waals surface area contributed by atoms with E-state index in [9.17, 15) is 0 Å². The largest absolute Gasteiger partial charge is 0.464 e. The van der Waals surface area contributed by atoms with E-state index in [0.717, 1.165) is 19.5 Å². The summed E-state index contributed by atoms with van der Waals surface area (Å²) in [6, 6.07) is 8.71. The number of rotatable bonds is 3. The maximum atomic E-state index is 5.72. The van der Waals surface area contributed by atoms with Crippen LogP contribution in [0.15, 0.2) is 24.3 Å². The Kier molecular flexibility index (Phi) is 3.37. The predicted octanol–water partition coefficient (Wildman–Crippen LogP) is 1.42. The molecule has 1 aromatic carbocycles. The Labute approximate surface area is 117 Å². The van der Waals surface area contributed by atoms with Crippen LogP contribution in [0, 0.1) is 0 Å². The highest BCUT2D eigenvalue weighted by atomic mass is 16.5. The first-order valence-corrected chi connectivity index (χ1v) is 6.72. The maximum Gasteiger partial charge on any atom is 0.323 e. The van der Waals surface area contributed by atoms with Crippen LogP contribution in [0.2, 0.25) is 0 Å². The van der Waals surface area contributed by atoms with Crippen LogP contribution in [0.4, 0.5) is 11.9 Å². The Balaban J connectivity index is 1.87. The van der Waals surface area contributed by atoms with Crippen molar-refractivity contribution in [2.75, 3.05) is 23.8 Å². The SMILES string of the molecule is CCOc1nc(N)nc(N2CCc3ccccc3C2)n1. The molecule has 6 nitrogen and oxygen atoms in total. The average Bonchev–Trinajstić information content (AvgIpc) is 2.46. The first-order chi connectivity index (χ1) is 9.76. The smallest absolute Gasteiger partial charge is 0.323 e. The van der Waals surface area contributed by atoms with Crippen LogP contribution in [0.25, 0.3) is 0 Å². The van der Waals surface area contributed by atoms with Crippen LogP contribution >= 0.6 is 0 Å². The standard InChI is InChI=1S/C14H17N5O/c1-2-20-14-17-12(15)16-13(18-14)19-8-7-10-5-3-4-6-11(10)9-19/h3-6H,2,7-9H2,1H3,(H2,15,16,17,18). The molecule has 0 unspecified atom stereocenters. The normalized spacial score (nSPS) is 13.9. The lowest BCUT2D eigenvalue weighted by molar-refractivity contribution is 0.312. The van der Waals surface area contributed by atoms with E-state index in [4.69, 9.17) is 10.5 Å². The van der Waals surface area contributed by atoms with E-state index < -0.39 is 0 Å². The molecule has 0 amide bonds. The van der Waals surface area contributed by atoms with Crippen LogP contribution in [-0.4, -0.2) is 28.1 Å². The summed E-state index contributed by atoms with van der Waals surface area (Å²) in [5.41, 5.74) is 8.41. The van der Waals surface area contributed by atoms with Gasteiger partial charge in [-0.1, -0.05) is 24.3 Å². The fourth-order valence-electron chi connectivity index (χ4n) is 2.36. The number of benzene rings is 1. The summed E-state index contributed by atoms with van der Waals surface area (Å²) in [5.74, 6) is 0.771. The van der Waals surface area contributed by atoms with E-state index in [0.29, 0.717) is 12.6 Å². The molecule has 20 heavy (non-hydrogen) atoms. The minimum atomic E-state index is 0.192. The van der Waals surface area contributed by atoms with Crippen molar-refractivity contribution in [1.82, 2.24) is 15.0 Å². The van der Waals surface area contributed by atoms with Crippen LogP contribution in [0.5, 0.6) is 6.01 Å². The molecule has 2 aromatic rings. The number of hydrogen-bond donors (Lipinski definition) is 1. The van der Waals surface area contributed by atoms with E-state index in [1.807, 2.05) is 6.92 Å². The highest BCUT2D eigenvalue weighted by Crippen LogP contribution is 2.23. The first kappa shape index (κ1) is 12.7. The molecule has 0 saturated heterocycles. The molecule has 0 atom stereocenters. The van der Waals surface area contributed by atoms with E-state index in [2.05, 4.69) is 44.1 Å². The summed E-state index contributed by atoms with van der Waals surface area (Å²) in [6.07, 6.45) is 0.978. The zero-order valence-corrected chi connectivity index (χ0v) is 11.4. The van der Waals surface area contributed by atoms with Crippen LogP contribution in [0.3, 0.4) is 0 Å². The molecule has 0 spiro atoms. The molecule has 0 aliphatic carbocycles. The third-order valence-corrected chi connectivity index (χ3v) is 3.31. The minimum absolute atomic E-state index is 0.192. The van der Waals surface area contributed by atoms with Gasteiger partial charge in [-0.05, 0) is 24.5 Å². The van der Waals surface area contributed by atoms with Crippen molar-refractivity contribution in [2.45, 2.75) is 19.9 Å². The number of anilines is 2. The molecule has 6 heteroatoms. The summed E-state index contributed by atoms with van der Waals surface area (Å²) in [5, 5.41) is 0. The molecule has 0 bridgehead atoms. The Morgan fingerprint density at radius 3 is 2.80 bits per heavy atom. The van der Waals surface area contributed by atoms with Gasteiger partial charge in [-0.3, -0.25) is 0 Å². The Morgan fingerprint density at radius 1 is 1.20 bits per heavy atom. The number of hydrogen-bond acceptors (Lipinski definition) is 6. The molecule has 1 aliphatic rings. The Bertz CT molecular complexity index is 616. The minimum Gasteiger partial charge on any atom is -0.464 e. The van der Waals surface area contributed by atoms with E-state index in [1.54, 1.807) is 0 Å². The third kappa shape index (κ3) is 2.49. The van der Waals surface area contributed by atoms with Crippen molar-refractivity contribution >= 4 is 11.9 Å². The number of nitrogens with two attached hydrogens (primary N) is 1. The maximum absolute atomic E-state index is 5.72. The molecule has 104 valence electrons. The quantitative estimate of drug-likeness (QED) is 0.909. The highest BCUT2D eigenvalue weighted by Gasteiger charge is 2.19. The predicted molar refractivity (Wildman–Crippen MR) is 76.6 cm³/mol. The number of nitrogens with zero attached hydrogens (tertiary/aromatic N) is 4. The van der Waals surface area contributed by atoms with Gasteiger partial charge in [0.1, 0.15) is 0 Å². The molecular weight excluding hydrogens is 254 g/mol. The van der Waals surface area contributed by atoms with Crippen molar-refractivity contribution < 1.29 is 4.74 Å². The van der Waals surface area contributed by atoms with Gasteiger partial charge in [0.05, 0.1) is 6.61 Å². The number of fused-ring (bicyclic) bond motifs is 1. The molecule has 2 N–H and O–H groups in total. The van der Waals surface area contributed by atoms with E-state index >= 15 is 0 Å². The number of nitrogen functional groups attached to an aromatic ring is 1. The van der Waals surface area contributed by atoms with Gasteiger partial charge in [0.25, 0.3) is 0 Å².